The van der Waals surface area contributed by atoms with Gasteiger partial charge in [0.2, 0.25) is 0 Å². The van der Waals surface area contributed by atoms with E-state index in [1.54, 1.807) is 0 Å². The van der Waals surface area contributed by atoms with E-state index in [-0.39, 0.29) is 0 Å². The molecule has 0 saturated carbocycles. The van der Waals surface area contributed by atoms with Gasteiger partial charge in [0.1, 0.15) is 0 Å². The fourth-order valence-corrected chi connectivity index (χ4v) is 2.84. The SMILES string of the molecule is C=CCN1CCC(NC(=NC)NCCOCc2ccccc2)CC1. The fourth-order valence-electron chi connectivity index (χ4n) is 2.84. The van der Waals surface area contributed by atoms with Crippen LogP contribution in [0.5, 0.6) is 0 Å². The number of nitrogens with zero attached hydrogens (tertiary/aromatic N) is 2. The van der Waals surface area contributed by atoms with Crippen molar-refractivity contribution in [1.82, 2.24) is 15.5 Å². The molecule has 2 N–H and O–H groups in total. The van der Waals surface area contributed by atoms with Gasteiger partial charge < -0.3 is 15.4 Å². The molecule has 2 rings (SSSR count). The van der Waals surface area contributed by atoms with Gasteiger partial charge in [-0.25, -0.2) is 0 Å². The minimum Gasteiger partial charge on any atom is -0.375 e. The Morgan fingerprint density at radius 3 is 2.75 bits per heavy atom. The van der Waals surface area contributed by atoms with Crippen LogP contribution in [0.2, 0.25) is 0 Å². The fraction of sp³-hybridized carbons (Fsp3) is 0.526. The molecular formula is C19H30N4O. The molecule has 5 heteroatoms. The number of likely N-dealkylation sites (tertiary alicyclic amines) is 1. The maximum atomic E-state index is 5.68. The molecule has 0 atom stereocenters. The monoisotopic (exact) mass is 330 g/mol. The molecule has 1 heterocycles. The first kappa shape index (κ1) is 18.5. The van der Waals surface area contributed by atoms with Crippen molar-refractivity contribution >= 4 is 5.96 Å². The number of nitrogens with one attached hydrogen (secondary N) is 2. The highest BCUT2D eigenvalue weighted by atomic mass is 16.5. The predicted molar refractivity (Wildman–Crippen MR) is 100 cm³/mol. The largest absolute Gasteiger partial charge is 0.375 e. The molecule has 0 radical (unpaired) electrons. The van der Waals surface area contributed by atoms with Gasteiger partial charge in [0, 0.05) is 39.3 Å². The van der Waals surface area contributed by atoms with Gasteiger partial charge in [-0.3, -0.25) is 9.89 Å². The van der Waals surface area contributed by atoms with Gasteiger partial charge in [-0.15, -0.1) is 6.58 Å². The summed E-state index contributed by atoms with van der Waals surface area (Å²) in [5, 5.41) is 6.83. The highest BCUT2D eigenvalue weighted by Gasteiger charge is 2.18. The summed E-state index contributed by atoms with van der Waals surface area (Å²) in [7, 11) is 1.81. The Morgan fingerprint density at radius 1 is 1.33 bits per heavy atom. The third-order valence-electron chi connectivity index (χ3n) is 4.19. The van der Waals surface area contributed by atoms with Crippen molar-refractivity contribution in [3.8, 4) is 0 Å². The summed E-state index contributed by atoms with van der Waals surface area (Å²) >= 11 is 0. The van der Waals surface area contributed by atoms with Crippen LogP contribution >= 0.6 is 0 Å². The van der Waals surface area contributed by atoms with E-state index >= 15 is 0 Å². The Balaban J connectivity index is 1.58. The number of hydrogen-bond acceptors (Lipinski definition) is 3. The summed E-state index contributed by atoms with van der Waals surface area (Å²) in [4.78, 5) is 6.73. The number of hydrogen-bond donors (Lipinski definition) is 2. The average Bonchev–Trinajstić information content (AvgIpc) is 2.63. The van der Waals surface area contributed by atoms with Gasteiger partial charge >= 0.3 is 0 Å². The van der Waals surface area contributed by atoms with Crippen molar-refractivity contribution in [2.75, 3.05) is 39.8 Å². The second-order valence-electron chi connectivity index (χ2n) is 6.05. The summed E-state index contributed by atoms with van der Waals surface area (Å²) in [6.45, 7) is 9.07. The first-order chi connectivity index (χ1) is 11.8. The number of guanidine groups is 1. The normalized spacial score (nSPS) is 16.8. The van der Waals surface area contributed by atoms with Crippen molar-refractivity contribution < 1.29 is 4.74 Å². The Kier molecular flexibility index (Phi) is 8.35. The first-order valence-corrected chi connectivity index (χ1v) is 8.74. The summed E-state index contributed by atoms with van der Waals surface area (Å²) < 4.78 is 5.68. The van der Waals surface area contributed by atoms with Gasteiger partial charge in [-0.1, -0.05) is 36.4 Å². The standard InChI is InChI=1S/C19H30N4O/c1-3-12-23-13-9-18(10-14-23)22-19(20-2)21-11-15-24-16-17-7-5-4-6-8-17/h3-8,18H,1,9-16H2,2H3,(H2,20,21,22). The summed E-state index contributed by atoms with van der Waals surface area (Å²) in [6.07, 6.45) is 4.25. The van der Waals surface area contributed by atoms with Gasteiger partial charge in [0.15, 0.2) is 5.96 Å². The number of ether oxygens (including phenoxy) is 1. The lowest BCUT2D eigenvalue weighted by atomic mass is 10.1. The van der Waals surface area contributed by atoms with Gasteiger partial charge in [0.05, 0.1) is 13.2 Å². The molecule has 0 spiro atoms. The van der Waals surface area contributed by atoms with Crippen LogP contribution in [-0.2, 0) is 11.3 Å². The lowest BCUT2D eigenvalue weighted by molar-refractivity contribution is 0.125. The Hall–Kier alpha value is -1.85. The lowest BCUT2D eigenvalue weighted by Gasteiger charge is -2.32. The highest BCUT2D eigenvalue weighted by molar-refractivity contribution is 5.79. The molecule has 132 valence electrons. The van der Waals surface area contributed by atoms with Crippen molar-refractivity contribution in [1.29, 1.82) is 0 Å². The van der Waals surface area contributed by atoms with E-state index in [1.165, 1.54) is 5.56 Å². The molecular weight excluding hydrogens is 300 g/mol. The number of benzene rings is 1. The summed E-state index contributed by atoms with van der Waals surface area (Å²) in [5.74, 6) is 0.862. The third kappa shape index (κ3) is 6.72. The Morgan fingerprint density at radius 2 is 2.08 bits per heavy atom. The van der Waals surface area contributed by atoms with E-state index in [1.807, 2.05) is 31.3 Å². The van der Waals surface area contributed by atoms with E-state index in [0.717, 1.165) is 45.0 Å². The Labute approximate surface area is 145 Å². The number of piperidine rings is 1. The zero-order valence-electron chi connectivity index (χ0n) is 14.7. The van der Waals surface area contributed by atoms with Crippen LogP contribution in [-0.4, -0.2) is 56.7 Å². The molecule has 1 fully saturated rings. The molecule has 1 aliphatic heterocycles. The maximum Gasteiger partial charge on any atom is 0.191 e. The van der Waals surface area contributed by atoms with Crippen LogP contribution in [0.25, 0.3) is 0 Å². The van der Waals surface area contributed by atoms with Crippen LogP contribution in [0.3, 0.4) is 0 Å². The molecule has 0 bridgehead atoms. The first-order valence-electron chi connectivity index (χ1n) is 8.74. The van der Waals surface area contributed by atoms with Gasteiger partial charge in [-0.05, 0) is 18.4 Å². The molecule has 0 amide bonds. The molecule has 0 aromatic heterocycles. The minimum atomic E-state index is 0.488. The topological polar surface area (TPSA) is 48.9 Å². The van der Waals surface area contributed by atoms with Crippen LogP contribution in [0, 0.1) is 0 Å². The molecule has 24 heavy (non-hydrogen) atoms. The van der Waals surface area contributed by atoms with Crippen molar-refractivity contribution in [3.63, 3.8) is 0 Å². The minimum absolute atomic E-state index is 0.488. The van der Waals surface area contributed by atoms with Crippen molar-refractivity contribution in [2.45, 2.75) is 25.5 Å². The lowest BCUT2D eigenvalue weighted by Crippen LogP contribution is -2.49. The van der Waals surface area contributed by atoms with E-state index < -0.39 is 0 Å². The van der Waals surface area contributed by atoms with Gasteiger partial charge in [0.25, 0.3) is 0 Å². The zero-order chi connectivity index (χ0) is 17.0. The van der Waals surface area contributed by atoms with Crippen LogP contribution < -0.4 is 10.6 Å². The van der Waals surface area contributed by atoms with Crippen LogP contribution in [0.15, 0.2) is 48.0 Å². The molecule has 1 aromatic carbocycles. The second kappa shape index (κ2) is 10.8. The van der Waals surface area contributed by atoms with E-state index in [9.17, 15) is 0 Å². The average molecular weight is 330 g/mol. The maximum absolute atomic E-state index is 5.68. The van der Waals surface area contributed by atoms with E-state index in [4.69, 9.17) is 4.74 Å². The van der Waals surface area contributed by atoms with Gasteiger partial charge in [-0.2, -0.15) is 0 Å². The number of rotatable bonds is 8. The molecule has 1 saturated heterocycles. The van der Waals surface area contributed by atoms with E-state index in [0.29, 0.717) is 19.3 Å². The molecule has 1 aromatic rings. The molecule has 0 aliphatic carbocycles. The van der Waals surface area contributed by atoms with E-state index in [2.05, 4.69) is 39.2 Å². The molecule has 1 aliphatic rings. The van der Waals surface area contributed by atoms with Crippen LogP contribution in [0.1, 0.15) is 18.4 Å². The Bertz CT molecular complexity index is 495. The molecule has 0 unspecified atom stereocenters. The zero-order valence-corrected chi connectivity index (χ0v) is 14.7. The molecule has 5 nitrogen and oxygen atoms in total. The van der Waals surface area contributed by atoms with Crippen molar-refractivity contribution in [3.05, 3.63) is 48.6 Å². The quantitative estimate of drug-likeness (QED) is 0.331. The van der Waals surface area contributed by atoms with Crippen molar-refractivity contribution in [2.24, 2.45) is 4.99 Å². The van der Waals surface area contributed by atoms with Crippen LogP contribution in [0.4, 0.5) is 0 Å². The second-order valence-corrected chi connectivity index (χ2v) is 6.05. The summed E-state index contributed by atoms with van der Waals surface area (Å²) in [5.41, 5.74) is 1.20. The predicted octanol–water partition coefficient (Wildman–Crippen LogP) is 2.02. The third-order valence-corrected chi connectivity index (χ3v) is 4.19. The number of aliphatic imine (C=N–C) groups is 1. The highest BCUT2D eigenvalue weighted by Crippen LogP contribution is 2.09. The smallest absolute Gasteiger partial charge is 0.191 e. The summed E-state index contributed by atoms with van der Waals surface area (Å²) in [6, 6.07) is 10.7.